The maximum atomic E-state index is 8.47. The number of aryl methyl sites for hydroxylation is 2. The van der Waals surface area contributed by atoms with Crippen LogP contribution in [0.1, 0.15) is 27.8 Å². The van der Waals surface area contributed by atoms with Gasteiger partial charge < -0.3 is 10.1 Å². The van der Waals surface area contributed by atoms with Crippen LogP contribution in [0.4, 0.5) is 0 Å². The molecule has 0 fully saturated rings. The van der Waals surface area contributed by atoms with Crippen molar-refractivity contribution in [2.24, 2.45) is 5.11 Å². The number of ether oxygens (including phenoxy) is 1. The lowest BCUT2D eigenvalue weighted by Crippen LogP contribution is -2.13. The fraction of sp³-hybridized carbons (Fsp3) is 0.333. The molecule has 0 unspecified atom stereocenters. The monoisotopic (exact) mass is 310 g/mol. The van der Waals surface area contributed by atoms with Gasteiger partial charge in [-0.1, -0.05) is 35.4 Å². The first-order valence-corrected chi connectivity index (χ1v) is 7.57. The quantitative estimate of drug-likeness (QED) is 0.467. The van der Waals surface area contributed by atoms with Gasteiger partial charge in [-0.05, 0) is 47.7 Å². The molecule has 5 heteroatoms. The van der Waals surface area contributed by atoms with E-state index in [4.69, 9.17) is 10.3 Å². The van der Waals surface area contributed by atoms with E-state index >= 15 is 0 Å². The average Bonchev–Trinajstić information content (AvgIpc) is 2.56. The van der Waals surface area contributed by atoms with Crippen LogP contribution in [-0.2, 0) is 19.6 Å². The van der Waals surface area contributed by atoms with Gasteiger partial charge in [0.2, 0.25) is 0 Å². The highest BCUT2D eigenvalue weighted by Gasteiger charge is 2.04. The molecule has 23 heavy (non-hydrogen) atoms. The van der Waals surface area contributed by atoms with Crippen LogP contribution < -0.4 is 10.1 Å². The number of methoxy groups -OCH3 is 1. The number of azide groups is 1. The first kappa shape index (κ1) is 16.9. The lowest BCUT2D eigenvalue weighted by atomic mass is 10.1. The molecule has 0 heterocycles. The molecular formula is C18H22N4O. The van der Waals surface area contributed by atoms with E-state index in [-0.39, 0.29) is 0 Å². The minimum absolute atomic E-state index is 0.296. The largest absolute Gasteiger partial charge is 0.496 e. The van der Waals surface area contributed by atoms with Crippen molar-refractivity contribution >= 4 is 0 Å². The Bertz CT molecular complexity index is 721. The van der Waals surface area contributed by atoms with Crippen LogP contribution in [0.3, 0.4) is 0 Å². The molecule has 0 amide bonds. The van der Waals surface area contributed by atoms with Crippen molar-refractivity contribution in [1.29, 1.82) is 0 Å². The molecule has 0 aliphatic rings. The van der Waals surface area contributed by atoms with Gasteiger partial charge in [0.15, 0.2) is 0 Å². The van der Waals surface area contributed by atoms with Gasteiger partial charge >= 0.3 is 0 Å². The Morgan fingerprint density at radius 3 is 2.39 bits per heavy atom. The van der Waals surface area contributed by atoms with Gasteiger partial charge in [-0.15, -0.1) is 0 Å². The lowest BCUT2D eigenvalue weighted by molar-refractivity contribution is 0.409. The summed E-state index contributed by atoms with van der Waals surface area (Å²) in [7, 11) is 1.62. The number of nitrogens with zero attached hydrogens (tertiary/aromatic N) is 3. The predicted molar refractivity (Wildman–Crippen MR) is 92.3 cm³/mol. The summed E-state index contributed by atoms with van der Waals surface area (Å²) in [5.41, 5.74) is 14.4. The third kappa shape index (κ3) is 4.74. The molecule has 5 nitrogen and oxygen atoms in total. The zero-order valence-corrected chi connectivity index (χ0v) is 13.8. The van der Waals surface area contributed by atoms with E-state index in [9.17, 15) is 0 Å². The molecule has 0 aliphatic heterocycles. The zero-order chi connectivity index (χ0) is 16.7. The second kappa shape index (κ2) is 8.22. The number of hydrogen-bond donors (Lipinski definition) is 1. The molecule has 1 N–H and O–H groups in total. The van der Waals surface area contributed by atoms with Crippen molar-refractivity contribution in [2.45, 2.75) is 33.5 Å². The molecule has 0 atom stereocenters. The molecule has 0 spiro atoms. The Balaban J connectivity index is 1.99. The number of nitrogens with one attached hydrogen (secondary N) is 1. The van der Waals surface area contributed by atoms with Crippen molar-refractivity contribution in [3.63, 3.8) is 0 Å². The van der Waals surface area contributed by atoms with Crippen LogP contribution in [-0.4, -0.2) is 7.11 Å². The highest BCUT2D eigenvalue weighted by Crippen LogP contribution is 2.21. The fourth-order valence-corrected chi connectivity index (χ4v) is 2.44. The summed E-state index contributed by atoms with van der Waals surface area (Å²) in [6, 6.07) is 12.5. The molecule has 2 rings (SSSR count). The van der Waals surface area contributed by atoms with Crippen LogP contribution >= 0.6 is 0 Å². The fourth-order valence-electron chi connectivity index (χ4n) is 2.44. The summed E-state index contributed by atoms with van der Waals surface area (Å²) in [6.07, 6.45) is 0. The van der Waals surface area contributed by atoms with E-state index in [2.05, 4.69) is 47.4 Å². The van der Waals surface area contributed by atoms with Gasteiger partial charge in [0.1, 0.15) is 5.75 Å². The maximum Gasteiger partial charge on any atom is 0.122 e. The second-order valence-corrected chi connectivity index (χ2v) is 5.56. The molecule has 0 saturated carbocycles. The molecule has 2 aromatic rings. The number of benzene rings is 2. The Hall–Kier alpha value is -2.49. The Kier molecular flexibility index (Phi) is 6.03. The maximum absolute atomic E-state index is 8.47. The first-order chi connectivity index (χ1) is 11.1. The van der Waals surface area contributed by atoms with Crippen LogP contribution in [0.2, 0.25) is 0 Å². The van der Waals surface area contributed by atoms with Crippen molar-refractivity contribution in [3.05, 3.63) is 74.7 Å². The van der Waals surface area contributed by atoms with E-state index in [1.54, 1.807) is 7.11 Å². The molecule has 0 radical (unpaired) electrons. The van der Waals surface area contributed by atoms with Gasteiger partial charge in [0, 0.05) is 23.6 Å². The second-order valence-electron chi connectivity index (χ2n) is 5.56. The Morgan fingerprint density at radius 1 is 1.04 bits per heavy atom. The molecule has 120 valence electrons. The summed E-state index contributed by atoms with van der Waals surface area (Å²) in [5.74, 6) is 0.746. The van der Waals surface area contributed by atoms with E-state index in [1.807, 2.05) is 18.2 Å². The van der Waals surface area contributed by atoms with E-state index in [1.165, 1.54) is 16.7 Å². The topological polar surface area (TPSA) is 70.0 Å². The van der Waals surface area contributed by atoms with Crippen LogP contribution in [0.25, 0.3) is 10.4 Å². The number of hydrogen-bond acceptors (Lipinski definition) is 3. The Morgan fingerprint density at radius 2 is 1.74 bits per heavy atom. The Labute approximate surface area is 136 Å². The van der Waals surface area contributed by atoms with Crippen molar-refractivity contribution in [2.75, 3.05) is 7.11 Å². The minimum Gasteiger partial charge on any atom is -0.496 e. The first-order valence-electron chi connectivity index (χ1n) is 7.57. The summed E-state index contributed by atoms with van der Waals surface area (Å²) in [5, 5.41) is 7.06. The standard InChI is InChI=1S/C18H22N4O/c1-13-4-5-15(8-14(13)2)10-20-11-16-6-7-18(23-3)17(9-16)12-21-22-19/h4-9,20H,10-12H2,1-3H3. The van der Waals surface area contributed by atoms with Crippen molar-refractivity contribution in [1.82, 2.24) is 5.32 Å². The molecule has 0 saturated heterocycles. The normalized spacial score (nSPS) is 10.2. The van der Waals surface area contributed by atoms with E-state index in [0.717, 1.165) is 30.0 Å². The predicted octanol–water partition coefficient (Wildman–Crippen LogP) is 4.41. The highest BCUT2D eigenvalue weighted by molar-refractivity contribution is 5.37. The molecule has 0 aromatic heterocycles. The third-order valence-electron chi connectivity index (χ3n) is 3.88. The third-order valence-corrected chi connectivity index (χ3v) is 3.88. The van der Waals surface area contributed by atoms with Gasteiger partial charge in [0.25, 0.3) is 0 Å². The van der Waals surface area contributed by atoms with E-state index in [0.29, 0.717) is 6.54 Å². The van der Waals surface area contributed by atoms with Crippen LogP contribution in [0.15, 0.2) is 41.5 Å². The van der Waals surface area contributed by atoms with E-state index < -0.39 is 0 Å². The number of rotatable bonds is 7. The molecule has 0 bridgehead atoms. The SMILES string of the molecule is COc1ccc(CNCc2ccc(C)c(C)c2)cc1CN=[N+]=[N-]. The summed E-state index contributed by atoms with van der Waals surface area (Å²) >= 11 is 0. The van der Waals surface area contributed by atoms with Crippen LogP contribution in [0, 0.1) is 13.8 Å². The molecule has 2 aromatic carbocycles. The summed E-state index contributed by atoms with van der Waals surface area (Å²) in [4.78, 5) is 2.81. The zero-order valence-electron chi connectivity index (χ0n) is 13.8. The van der Waals surface area contributed by atoms with Gasteiger partial charge in [-0.25, -0.2) is 0 Å². The van der Waals surface area contributed by atoms with Crippen LogP contribution in [0.5, 0.6) is 5.75 Å². The smallest absolute Gasteiger partial charge is 0.122 e. The summed E-state index contributed by atoms with van der Waals surface area (Å²) < 4.78 is 5.29. The summed E-state index contributed by atoms with van der Waals surface area (Å²) in [6.45, 7) is 6.11. The van der Waals surface area contributed by atoms with Crippen molar-refractivity contribution < 1.29 is 4.74 Å². The molecule has 0 aliphatic carbocycles. The lowest BCUT2D eigenvalue weighted by Gasteiger charge is -2.11. The van der Waals surface area contributed by atoms with Gasteiger partial charge in [-0.3, -0.25) is 0 Å². The van der Waals surface area contributed by atoms with Gasteiger partial charge in [-0.2, -0.15) is 0 Å². The average molecular weight is 310 g/mol. The minimum atomic E-state index is 0.296. The molecular weight excluding hydrogens is 288 g/mol. The highest BCUT2D eigenvalue weighted by atomic mass is 16.5. The van der Waals surface area contributed by atoms with Crippen molar-refractivity contribution in [3.8, 4) is 5.75 Å². The van der Waals surface area contributed by atoms with Gasteiger partial charge in [0.05, 0.1) is 13.7 Å².